The maximum atomic E-state index is 5.78. The van der Waals surface area contributed by atoms with Crippen molar-refractivity contribution in [3.05, 3.63) is 46.6 Å². The van der Waals surface area contributed by atoms with E-state index in [1.165, 1.54) is 0 Å². The van der Waals surface area contributed by atoms with Gasteiger partial charge in [0.2, 0.25) is 0 Å². The fourth-order valence-electron chi connectivity index (χ4n) is 1.55. The lowest BCUT2D eigenvalue weighted by molar-refractivity contribution is 0.473. The Morgan fingerprint density at radius 2 is 1.78 bits per heavy atom. The van der Waals surface area contributed by atoms with Crippen LogP contribution in [-0.4, -0.2) is 6.04 Å². The number of rotatable bonds is 4. The van der Waals surface area contributed by atoms with E-state index in [0.29, 0.717) is 6.04 Å². The molecule has 0 unspecified atom stereocenters. The molecule has 0 radical (unpaired) electrons. The first-order valence-corrected chi connectivity index (χ1v) is 6.52. The molecule has 2 nitrogen and oxygen atoms in total. The second-order valence-electron chi connectivity index (χ2n) is 4.31. The van der Waals surface area contributed by atoms with Crippen LogP contribution in [0.25, 0.3) is 11.3 Å². The molecule has 1 aromatic carbocycles. The molecule has 0 aliphatic heterocycles. The Labute approximate surface area is 122 Å². The van der Waals surface area contributed by atoms with Crippen LogP contribution in [0.2, 0.25) is 0 Å². The molecule has 0 saturated carbocycles. The van der Waals surface area contributed by atoms with Gasteiger partial charge in [0, 0.05) is 16.1 Å². The third-order valence-electron chi connectivity index (χ3n) is 2.47. The number of hydrogen-bond donors (Lipinski definition) is 1. The quantitative estimate of drug-likeness (QED) is 0.884. The monoisotopic (exact) mass is 329 g/mol. The van der Waals surface area contributed by atoms with Crippen molar-refractivity contribution in [1.29, 1.82) is 0 Å². The van der Waals surface area contributed by atoms with Gasteiger partial charge in [0.1, 0.15) is 11.5 Å². The van der Waals surface area contributed by atoms with Crippen molar-refractivity contribution in [3.63, 3.8) is 0 Å². The summed E-state index contributed by atoms with van der Waals surface area (Å²) in [6.07, 6.45) is 0. The molecular weight excluding hydrogens is 314 g/mol. The van der Waals surface area contributed by atoms with Crippen LogP contribution in [0.3, 0.4) is 0 Å². The molecule has 0 spiro atoms. The fraction of sp³-hybridized carbons (Fsp3) is 0.286. The van der Waals surface area contributed by atoms with Gasteiger partial charge in [0.25, 0.3) is 0 Å². The Kier molecular flexibility index (Phi) is 5.93. The molecule has 0 aliphatic rings. The van der Waals surface area contributed by atoms with Crippen LogP contribution >= 0.6 is 28.3 Å². The lowest BCUT2D eigenvalue weighted by Crippen LogP contribution is -2.21. The summed E-state index contributed by atoms with van der Waals surface area (Å²) < 4.78 is 6.86. The first-order valence-electron chi connectivity index (χ1n) is 5.73. The zero-order valence-electron chi connectivity index (χ0n) is 10.4. The summed E-state index contributed by atoms with van der Waals surface area (Å²) in [5.41, 5.74) is 1.10. The molecular formula is C14H17BrClNO. The van der Waals surface area contributed by atoms with Crippen molar-refractivity contribution in [2.45, 2.75) is 26.4 Å². The van der Waals surface area contributed by atoms with E-state index < -0.39 is 0 Å². The molecule has 0 atom stereocenters. The zero-order valence-corrected chi connectivity index (χ0v) is 12.8. The molecule has 1 heterocycles. The van der Waals surface area contributed by atoms with Crippen LogP contribution in [0, 0.1) is 0 Å². The van der Waals surface area contributed by atoms with E-state index in [4.69, 9.17) is 4.42 Å². The third kappa shape index (κ3) is 4.16. The van der Waals surface area contributed by atoms with Gasteiger partial charge in [-0.1, -0.05) is 41.9 Å². The van der Waals surface area contributed by atoms with Crippen molar-refractivity contribution < 1.29 is 4.42 Å². The maximum Gasteiger partial charge on any atom is 0.134 e. The summed E-state index contributed by atoms with van der Waals surface area (Å²) >= 11 is 3.42. The average molecular weight is 331 g/mol. The summed E-state index contributed by atoms with van der Waals surface area (Å²) in [7, 11) is 0. The molecule has 1 N–H and O–H groups in total. The van der Waals surface area contributed by atoms with E-state index in [1.54, 1.807) is 0 Å². The minimum atomic E-state index is 0. The van der Waals surface area contributed by atoms with Gasteiger partial charge in [-0.05, 0) is 24.3 Å². The molecule has 0 bridgehead atoms. The Morgan fingerprint density at radius 3 is 2.39 bits per heavy atom. The van der Waals surface area contributed by atoms with Crippen LogP contribution in [0.15, 0.2) is 45.3 Å². The highest BCUT2D eigenvalue weighted by Gasteiger charge is 2.04. The highest BCUT2D eigenvalue weighted by atomic mass is 79.9. The van der Waals surface area contributed by atoms with E-state index in [-0.39, 0.29) is 12.4 Å². The molecule has 18 heavy (non-hydrogen) atoms. The van der Waals surface area contributed by atoms with Crippen LogP contribution in [0.4, 0.5) is 0 Å². The van der Waals surface area contributed by atoms with Gasteiger partial charge in [-0.25, -0.2) is 0 Å². The minimum absolute atomic E-state index is 0. The van der Waals surface area contributed by atoms with Crippen molar-refractivity contribution in [1.82, 2.24) is 5.32 Å². The highest BCUT2D eigenvalue weighted by molar-refractivity contribution is 9.10. The van der Waals surface area contributed by atoms with Gasteiger partial charge in [-0.3, -0.25) is 0 Å². The summed E-state index contributed by atoms with van der Waals surface area (Å²) in [6, 6.07) is 12.6. The van der Waals surface area contributed by atoms with Crippen LogP contribution in [-0.2, 0) is 6.54 Å². The Morgan fingerprint density at radius 1 is 1.11 bits per heavy atom. The minimum Gasteiger partial charge on any atom is -0.460 e. The molecule has 98 valence electrons. The van der Waals surface area contributed by atoms with E-state index in [1.807, 2.05) is 36.4 Å². The van der Waals surface area contributed by atoms with Gasteiger partial charge >= 0.3 is 0 Å². The summed E-state index contributed by atoms with van der Waals surface area (Å²) in [6.45, 7) is 5.02. The molecule has 0 fully saturated rings. The normalized spacial score (nSPS) is 10.4. The zero-order chi connectivity index (χ0) is 12.3. The van der Waals surface area contributed by atoms with Gasteiger partial charge < -0.3 is 9.73 Å². The fourth-order valence-corrected chi connectivity index (χ4v) is 1.81. The predicted octanol–water partition coefficient (Wildman–Crippen LogP) is 4.63. The molecule has 0 saturated heterocycles. The average Bonchev–Trinajstić information content (AvgIpc) is 2.76. The highest BCUT2D eigenvalue weighted by Crippen LogP contribution is 2.23. The van der Waals surface area contributed by atoms with Crippen molar-refractivity contribution in [3.8, 4) is 11.3 Å². The van der Waals surface area contributed by atoms with Crippen molar-refractivity contribution in [2.24, 2.45) is 0 Å². The van der Waals surface area contributed by atoms with Gasteiger partial charge in [-0.2, -0.15) is 0 Å². The molecule has 0 aliphatic carbocycles. The second kappa shape index (κ2) is 6.98. The lowest BCUT2D eigenvalue weighted by atomic mass is 10.2. The van der Waals surface area contributed by atoms with E-state index in [9.17, 15) is 0 Å². The molecule has 4 heteroatoms. The SMILES string of the molecule is CC(C)NCc1ccc(-c2ccc(Br)cc2)o1.Cl. The Balaban J connectivity index is 0.00000162. The maximum absolute atomic E-state index is 5.78. The lowest BCUT2D eigenvalue weighted by Gasteiger charge is -2.05. The second-order valence-corrected chi connectivity index (χ2v) is 5.22. The van der Waals surface area contributed by atoms with E-state index >= 15 is 0 Å². The Hall–Kier alpha value is -0.770. The topological polar surface area (TPSA) is 25.2 Å². The van der Waals surface area contributed by atoms with Crippen LogP contribution in [0.1, 0.15) is 19.6 Å². The van der Waals surface area contributed by atoms with Gasteiger partial charge in [-0.15, -0.1) is 12.4 Å². The first kappa shape index (κ1) is 15.3. The van der Waals surface area contributed by atoms with Crippen molar-refractivity contribution in [2.75, 3.05) is 0 Å². The molecule has 2 aromatic rings. The van der Waals surface area contributed by atoms with Gasteiger partial charge in [0.05, 0.1) is 6.54 Å². The van der Waals surface area contributed by atoms with Crippen LogP contribution in [0.5, 0.6) is 0 Å². The van der Waals surface area contributed by atoms with Crippen molar-refractivity contribution >= 4 is 28.3 Å². The smallest absolute Gasteiger partial charge is 0.134 e. The summed E-state index contributed by atoms with van der Waals surface area (Å²) in [5.74, 6) is 1.88. The number of halogens is 2. The molecule has 2 rings (SSSR count). The largest absolute Gasteiger partial charge is 0.460 e. The van der Waals surface area contributed by atoms with Crippen LogP contribution < -0.4 is 5.32 Å². The Bertz CT molecular complexity index is 479. The number of furan rings is 1. The number of benzene rings is 1. The number of nitrogens with one attached hydrogen (secondary N) is 1. The predicted molar refractivity (Wildman–Crippen MR) is 81.1 cm³/mol. The first-order chi connectivity index (χ1) is 8.15. The third-order valence-corrected chi connectivity index (χ3v) is 3.00. The van der Waals surface area contributed by atoms with Gasteiger partial charge in [0.15, 0.2) is 0 Å². The summed E-state index contributed by atoms with van der Waals surface area (Å²) in [5, 5.41) is 3.33. The summed E-state index contributed by atoms with van der Waals surface area (Å²) in [4.78, 5) is 0. The number of hydrogen-bond acceptors (Lipinski definition) is 2. The van der Waals surface area contributed by atoms with E-state index in [2.05, 4.69) is 35.1 Å². The standard InChI is InChI=1S/C14H16BrNO.ClH/c1-10(2)16-9-13-7-8-14(17-13)11-3-5-12(15)6-4-11;/h3-8,10,16H,9H2,1-2H3;1H. The molecule has 1 aromatic heterocycles. The van der Waals surface area contributed by atoms with E-state index in [0.717, 1.165) is 28.1 Å². The molecule has 0 amide bonds.